The summed E-state index contributed by atoms with van der Waals surface area (Å²) in [7, 11) is 0. The van der Waals surface area contributed by atoms with Crippen molar-refractivity contribution in [3.8, 4) is 0 Å². The maximum absolute atomic E-state index is 12.9. The number of carbonyl (C=O) groups is 1. The van der Waals surface area contributed by atoms with Crippen LogP contribution in [0, 0.1) is 5.92 Å². The number of rotatable bonds is 3. The van der Waals surface area contributed by atoms with Gasteiger partial charge in [-0.3, -0.25) is 9.59 Å². The first-order valence-corrected chi connectivity index (χ1v) is 10.9. The van der Waals surface area contributed by atoms with Gasteiger partial charge in [-0.2, -0.15) is 5.10 Å². The molecule has 1 saturated heterocycles. The fourth-order valence-electron chi connectivity index (χ4n) is 3.71. The number of fused-ring (bicyclic) bond motifs is 1. The number of amides is 1. The Morgan fingerprint density at radius 3 is 2.66 bits per heavy atom. The average molecular weight is 411 g/mol. The summed E-state index contributed by atoms with van der Waals surface area (Å²) in [5, 5.41) is 4.58. The number of hydrogen-bond acceptors (Lipinski definition) is 5. The Labute approximate surface area is 174 Å². The molecular weight excluding hydrogens is 384 g/mol. The van der Waals surface area contributed by atoms with E-state index < -0.39 is 0 Å². The smallest absolute Gasteiger partial charge is 0.266 e. The zero-order chi connectivity index (χ0) is 20.6. The number of benzene rings is 1. The Morgan fingerprint density at radius 2 is 1.93 bits per heavy atom. The Balaban J connectivity index is 1.40. The van der Waals surface area contributed by atoms with Crippen LogP contribution in [0.15, 0.2) is 40.6 Å². The number of likely N-dealkylation sites (tertiary alicyclic amines) is 1. The monoisotopic (exact) mass is 410 g/mol. The fraction of sp³-hybridized carbons (Fsp3) is 0.455. The van der Waals surface area contributed by atoms with Gasteiger partial charge in [0, 0.05) is 36.7 Å². The highest BCUT2D eigenvalue weighted by atomic mass is 32.1. The fourth-order valence-corrected chi connectivity index (χ4v) is 4.43. The quantitative estimate of drug-likeness (QED) is 0.660. The minimum Gasteiger partial charge on any atom is -0.339 e. The van der Waals surface area contributed by atoms with Crippen LogP contribution in [-0.2, 0) is 12.0 Å². The number of piperidine rings is 1. The Bertz CT molecular complexity index is 1090. The van der Waals surface area contributed by atoms with Crippen LogP contribution >= 0.6 is 11.3 Å². The van der Waals surface area contributed by atoms with Gasteiger partial charge >= 0.3 is 0 Å². The van der Waals surface area contributed by atoms with Crippen molar-refractivity contribution in [1.29, 1.82) is 0 Å². The first-order valence-electron chi connectivity index (χ1n) is 10.0. The molecule has 0 N–H and O–H groups in total. The van der Waals surface area contributed by atoms with Crippen molar-refractivity contribution in [3.63, 3.8) is 0 Å². The summed E-state index contributed by atoms with van der Waals surface area (Å²) >= 11 is 1.55. The standard InChI is InChI=1S/C22H26N4O2S/c1-22(2,3)19-6-7-20(27)26(24-19)13-15-8-10-25(11-9-15)21(28)16-4-5-17-18(12-16)29-14-23-17/h4-7,12,14-15H,8-11,13H2,1-3H3. The van der Waals surface area contributed by atoms with Crippen LogP contribution in [0.4, 0.5) is 0 Å². The summed E-state index contributed by atoms with van der Waals surface area (Å²) in [6.45, 7) is 8.31. The molecule has 1 fully saturated rings. The van der Waals surface area contributed by atoms with E-state index in [4.69, 9.17) is 0 Å². The highest BCUT2D eigenvalue weighted by Crippen LogP contribution is 2.24. The van der Waals surface area contributed by atoms with Crippen LogP contribution in [0.1, 0.15) is 49.7 Å². The first-order chi connectivity index (χ1) is 13.8. The molecule has 0 atom stereocenters. The molecule has 4 rings (SSSR count). The third-order valence-corrected chi connectivity index (χ3v) is 6.34. The normalized spacial score (nSPS) is 15.8. The second-order valence-electron chi connectivity index (χ2n) is 8.76. The molecule has 1 aliphatic rings. The molecule has 2 aromatic heterocycles. The van der Waals surface area contributed by atoms with Crippen LogP contribution in [0.25, 0.3) is 10.2 Å². The number of carbonyl (C=O) groups excluding carboxylic acids is 1. The third-order valence-electron chi connectivity index (χ3n) is 5.55. The highest BCUT2D eigenvalue weighted by molar-refractivity contribution is 7.16. The van der Waals surface area contributed by atoms with Crippen molar-refractivity contribution in [2.45, 2.75) is 45.6 Å². The van der Waals surface area contributed by atoms with E-state index in [0.717, 1.165) is 34.3 Å². The van der Waals surface area contributed by atoms with Gasteiger partial charge in [0.05, 0.1) is 21.4 Å². The van der Waals surface area contributed by atoms with Gasteiger partial charge in [-0.25, -0.2) is 9.67 Å². The topological polar surface area (TPSA) is 68.1 Å². The van der Waals surface area contributed by atoms with Gasteiger partial charge in [-0.05, 0) is 43.0 Å². The lowest BCUT2D eigenvalue weighted by atomic mass is 9.92. The lowest BCUT2D eigenvalue weighted by molar-refractivity contribution is 0.0680. The zero-order valence-electron chi connectivity index (χ0n) is 17.1. The molecule has 6 nitrogen and oxygen atoms in total. The molecule has 1 aromatic carbocycles. The number of thiazole rings is 1. The van der Waals surface area contributed by atoms with Gasteiger partial charge in [-0.1, -0.05) is 20.8 Å². The summed E-state index contributed by atoms with van der Waals surface area (Å²) in [6, 6.07) is 9.13. The number of hydrogen-bond donors (Lipinski definition) is 0. The van der Waals surface area contributed by atoms with Crippen molar-refractivity contribution < 1.29 is 4.79 Å². The van der Waals surface area contributed by atoms with E-state index >= 15 is 0 Å². The lowest BCUT2D eigenvalue weighted by Gasteiger charge is -2.32. The molecule has 0 aliphatic carbocycles. The Kier molecular flexibility index (Phi) is 5.25. The van der Waals surface area contributed by atoms with Crippen molar-refractivity contribution in [2.24, 2.45) is 5.92 Å². The average Bonchev–Trinajstić information content (AvgIpc) is 3.16. The predicted octanol–water partition coefficient (Wildman–Crippen LogP) is 3.70. The summed E-state index contributed by atoms with van der Waals surface area (Å²) < 4.78 is 2.63. The highest BCUT2D eigenvalue weighted by Gasteiger charge is 2.25. The van der Waals surface area contributed by atoms with E-state index in [1.165, 1.54) is 0 Å². The lowest BCUT2D eigenvalue weighted by Crippen LogP contribution is -2.40. The maximum Gasteiger partial charge on any atom is 0.266 e. The van der Waals surface area contributed by atoms with Gasteiger partial charge in [-0.15, -0.1) is 11.3 Å². The zero-order valence-corrected chi connectivity index (χ0v) is 17.9. The van der Waals surface area contributed by atoms with Crippen molar-refractivity contribution in [2.75, 3.05) is 13.1 Å². The molecule has 29 heavy (non-hydrogen) atoms. The van der Waals surface area contributed by atoms with E-state index in [9.17, 15) is 9.59 Å². The van der Waals surface area contributed by atoms with Crippen LogP contribution in [0.5, 0.6) is 0 Å². The molecule has 0 saturated carbocycles. The van der Waals surface area contributed by atoms with Crippen LogP contribution in [0.3, 0.4) is 0 Å². The maximum atomic E-state index is 12.9. The number of nitrogens with zero attached hydrogens (tertiary/aromatic N) is 4. The van der Waals surface area contributed by atoms with Gasteiger partial charge in [0.15, 0.2) is 0 Å². The minimum absolute atomic E-state index is 0.0608. The molecule has 1 amide bonds. The van der Waals surface area contributed by atoms with Gasteiger partial charge in [0.25, 0.3) is 11.5 Å². The van der Waals surface area contributed by atoms with Crippen LogP contribution in [0.2, 0.25) is 0 Å². The molecule has 3 heterocycles. The molecule has 0 unspecified atom stereocenters. The molecule has 3 aromatic rings. The second-order valence-corrected chi connectivity index (χ2v) is 9.65. The third kappa shape index (κ3) is 4.24. The van der Waals surface area contributed by atoms with Crippen molar-refractivity contribution in [3.05, 3.63) is 57.5 Å². The molecule has 0 radical (unpaired) electrons. The van der Waals surface area contributed by atoms with Crippen LogP contribution in [-0.4, -0.2) is 38.7 Å². The molecule has 7 heteroatoms. The van der Waals surface area contributed by atoms with E-state index in [1.54, 1.807) is 27.6 Å². The summed E-state index contributed by atoms with van der Waals surface area (Å²) in [6.07, 6.45) is 1.75. The molecule has 152 valence electrons. The Hall–Kier alpha value is -2.54. The van der Waals surface area contributed by atoms with E-state index in [1.807, 2.05) is 29.2 Å². The van der Waals surface area contributed by atoms with Gasteiger partial charge < -0.3 is 4.90 Å². The van der Waals surface area contributed by atoms with Crippen molar-refractivity contribution in [1.82, 2.24) is 19.7 Å². The summed E-state index contributed by atoms with van der Waals surface area (Å²) in [5.74, 6) is 0.423. The summed E-state index contributed by atoms with van der Waals surface area (Å²) in [5.41, 5.74) is 4.22. The molecular formula is C22H26N4O2S. The minimum atomic E-state index is -0.0928. The van der Waals surface area contributed by atoms with E-state index in [-0.39, 0.29) is 16.9 Å². The van der Waals surface area contributed by atoms with E-state index in [2.05, 4.69) is 30.9 Å². The molecule has 0 bridgehead atoms. The summed E-state index contributed by atoms with van der Waals surface area (Å²) in [4.78, 5) is 31.3. The molecule has 0 spiro atoms. The predicted molar refractivity (Wildman–Crippen MR) is 115 cm³/mol. The first kappa shape index (κ1) is 19.8. The number of aromatic nitrogens is 3. The van der Waals surface area contributed by atoms with Gasteiger partial charge in [0.2, 0.25) is 0 Å². The Morgan fingerprint density at radius 1 is 1.17 bits per heavy atom. The van der Waals surface area contributed by atoms with Crippen LogP contribution < -0.4 is 5.56 Å². The van der Waals surface area contributed by atoms with Crippen molar-refractivity contribution >= 4 is 27.5 Å². The molecule has 1 aliphatic heterocycles. The van der Waals surface area contributed by atoms with E-state index in [0.29, 0.717) is 25.6 Å². The largest absolute Gasteiger partial charge is 0.339 e. The van der Waals surface area contributed by atoms with Gasteiger partial charge in [0.1, 0.15) is 0 Å². The second kappa shape index (κ2) is 7.71. The SMILES string of the molecule is CC(C)(C)c1ccc(=O)n(CC2CCN(C(=O)c3ccc4ncsc4c3)CC2)n1.